The second kappa shape index (κ2) is 3.94. The normalized spacial score (nSPS) is 24.4. The van der Waals surface area contributed by atoms with E-state index in [1.54, 1.807) is 10.9 Å². The monoisotopic (exact) mass is 235 g/mol. The van der Waals surface area contributed by atoms with Crippen molar-refractivity contribution in [3.05, 3.63) is 18.3 Å². The van der Waals surface area contributed by atoms with Gasteiger partial charge < -0.3 is 14.9 Å². The van der Waals surface area contributed by atoms with Crippen LogP contribution in [0, 0.1) is 0 Å². The molecule has 2 aromatic rings. The predicted octanol–water partition coefficient (Wildman–Crippen LogP) is -0.135. The summed E-state index contributed by atoms with van der Waals surface area (Å²) >= 11 is 0. The van der Waals surface area contributed by atoms with Gasteiger partial charge in [-0.05, 0) is 6.42 Å². The first-order chi connectivity index (χ1) is 8.22. The smallest absolute Gasteiger partial charge is 0.244 e. The van der Waals surface area contributed by atoms with E-state index in [1.807, 2.05) is 13.2 Å². The zero-order chi connectivity index (χ0) is 11.8. The van der Waals surface area contributed by atoms with Crippen LogP contribution in [0.4, 0.5) is 0 Å². The lowest BCUT2D eigenvalue weighted by Crippen LogP contribution is -2.15. The molecular weight excluding hydrogens is 222 g/mol. The van der Waals surface area contributed by atoms with Crippen LogP contribution in [0.25, 0.3) is 11.4 Å². The Balaban J connectivity index is 1.83. The molecular formula is C10H13N5O2. The lowest BCUT2D eigenvalue weighted by atomic mass is 10.2. The summed E-state index contributed by atoms with van der Waals surface area (Å²) in [6.07, 6.45) is 3.78. The van der Waals surface area contributed by atoms with Crippen LogP contribution in [0.2, 0.25) is 0 Å². The van der Waals surface area contributed by atoms with Crippen molar-refractivity contribution in [1.29, 1.82) is 0 Å². The number of aromatic nitrogens is 4. The first kappa shape index (κ1) is 10.4. The Morgan fingerprint density at radius 2 is 2.47 bits per heavy atom. The molecule has 0 bridgehead atoms. The zero-order valence-corrected chi connectivity index (χ0v) is 9.37. The Morgan fingerprint density at radius 3 is 3.12 bits per heavy atom. The van der Waals surface area contributed by atoms with E-state index in [9.17, 15) is 5.11 Å². The summed E-state index contributed by atoms with van der Waals surface area (Å²) in [5.41, 5.74) is 0.820. The number of hydrogen-bond donors (Lipinski definition) is 2. The number of β-amino-alcohol motifs (C(OH)–C–C–N with tert-alkyl or cyclic N) is 1. The van der Waals surface area contributed by atoms with Gasteiger partial charge in [0.15, 0.2) is 0 Å². The zero-order valence-electron chi connectivity index (χ0n) is 9.37. The highest BCUT2D eigenvalue weighted by Gasteiger charge is 2.28. The summed E-state index contributed by atoms with van der Waals surface area (Å²) in [7, 11) is 1.83. The molecule has 7 heteroatoms. The Kier molecular flexibility index (Phi) is 2.41. The maximum atomic E-state index is 9.42. The molecule has 0 aliphatic carbocycles. The minimum absolute atomic E-state index is 0.0529. The second-order valence-electron chi connectivity index (χ2n) is 4.21. The number of aliphatic hydroxyl groups excluding tert-OH is 1. The lowest BCUT2D eigenvalue weighted by Gasteiger charge is -2.01. The van der Waals surface area contributed by atoms with Gasteiger partial charge >= 0.3 is 0 Å². The van der Waals surface area contributed by atoms with Crippen molar-refractivity contribution in [3.8, 4) is 11.4 Å². The van der Waals surface area contributed by atoms with Gasteiger partial charge in [0.2, 0.25) is 11.7 Å². The van der Waals surface area contributed by atoms with Gasteiger partial charge in [0.25, 0.3) is 0 Å². The molecule has 3 rings (SSSR count). The number of rotatable bonds is 2. The molecule has 0 spiro atoms. The van der Waals surface area contributed by atoms with Crippen molar-refractivity contribution in [1.82, 2.24) is 25.2 Å². The highest BCUT2D eigenvalue weighted by Crippen LogP contribution is 2.24. The van der Waals surface area contributed by atoms with Crippen molar-refractivity contribution < 1.29 is 9.63 Å². The lowest BCUT2D eigenvalue weighted by molar-refractivity contribution is 0.191. The molecule has 0 radical (unpaired) electrons. The van der Waals surface area contributed by atoms with Gasteiger partial charge in [-0.2, -0.15) is 10.1 Å². The van der Waals surface area contributed by atoms with Crippen molar-refractivity contribution in [2.75, 3.05) is 6.54 Å². The summed E-state index contributed by atoms with van der Waals surface area (Å²) in [5, 5.41) is 20.5. The van der Waals surface area contributed by atoms with E-state index < -0.39 is 0 Å². The van der Waals surface area contributed by atoms with Gasteiger partial charge in [-0.15, -0.1) is 0 Å². The Hall–Kier alpha value is -1.73. The van der Waals surface area contributed by atoms with E-state index in [1.165, 1.54) is 0 Å². The molecule has 1 aliphatic rings. The van der Waals surface area contributed by atoms with Crippen LogP contribution in [-0.2, 0) is 7.05 Å². The fourth-order valence-electron chi connectivity index (χ4n) is 1.94. The number of aliphatic hydroxyl groups is 1. The standard InChI is InChI=1S/C10H13N5O2/c1-15-5-6(3-12-15)9-13-10(17-14-9)8-2-7(16)4-11-8/h3,5,7-8,11,16H,2,4H2,1H3/t7?,8-/m0/s1. The largest absolute Gasteiger partial charge is 0.392 e. The van der Waals surface area contributed by atoms with E-state index in [0.717, 1.165) is 5.56 Å². The average Bonchev–Trinajstić information content (AvgIpc) is 2.96. The summed E-state index contributed by atoms with van der Waals surface area (Å²) in [5.74, 6) is 1.04. The highest BCUT2D eigenvalue weighted by molar-refractivity contribution is 5.51. The third-order valence-electron chi connectivity index (χ3n) is 2.81. The fraction of sp³-hybridized carbons (Fsp3) is 0.500. The molecule has 2 atom stereocenters. The molecule has 2 aromatic heterocycles. The summed E-state index contributed by atoms with van der Waals surface area (Å²) < 4.78 is 6.87. The van der Waals surface area contributed by atoms with E-state index in [-0.39, 0.29) is 12.1 Å². The van der Waals surface area contributed by atoms with Crippen molar-refractivity contribution in [2.45, 2.75) is 18.6 Å². The van der Waals surface area contributed by atoms with E-state index in [4.69, 9.17) is 4.52 Å². The molecule has 2 N–H and O–H groups in total. The van der Waals surface area contributed by atoms with Crippen molar-refractivity contribution in [2.24, 2.45) is 7.05 Å². The first-order valence-corrected chi connectivity index (χ1v) is 5.46. The Morgan fingerprint density at radius 1 is 1.59 bits per heavy atom. The van der Waals surface area contributed by atoms with Crippen LogP contribution in [0.3, 0.4) is 0 Å². The first-order valence-electron chi connectivity index (χ1n) is 5.46. The maximum absolute atomic E-state index is 9.42. The van der Waals surface area contributed by atoms with Crippen molar-refractivity contribution in [3.63, 3.8) is 0 Å². The van der Waals surface area contributed by atoms with Gasteiger partial charge in [0.05, 0.1) is 23.9 Å². The maximum Gasteiger partial charge on any atom is 0.244 e. The SMILES string of the molecule is Cn1cc(-c2noc([C@@H]3CC(O)CN3)n2)cn1. The molecule has 90 valence electrons. The van der Waals surface area contributed by atoms with Crippen LogP contribution >= 0.6 is 0 Å². The predicted molar refractivity (Wildman–Crippen MR) is 57.9 cm³/mol. The van der Waals surface area contributed by atoms with Crippen LogP contribution in [0.15, 0.2) is 16.9 Å². The van der Waals surface area contributed by atoms with Crippen LogP contribution < -0.4 is 5.32 Å². The van der Waals surface area contributed by atoms with E-state index >= 15 is 0 Å². The molecule has 0 saturated carbocycles. The minimum atomic E-state index is -0.339. The fourth-order valence-corrected chi connectivity index (χ4v) is 1.94. The van der Waals surface area contributed by atoms with Crippen molar-refractivity contribution >= 4 is 0 Å². The molecule has 0 amide bonds. The third kappa shape index (κ3) is 1.94. The molecule has 1 aliphatic heterocycles. The van der Waals surface area contributed by atoms with Gasteiger partial charge in [-0.1, -0.05) is 5.16 Å². The second-order valence-corrected chi connectivity index (χ2v) is 4.21. The third-order valence-corrected chi connectivity index (χ3v) is 2.81. The minimum Gasteiger partial charge on any atom is -0.392 e. The Labute approximate surface area is 97.4 Å². The number of nitrogens with zero attached hydrogens (tertiary/aromatic N) is 4. The van der Waals surface area contributed by atoms with Gasteiger partial charge in [-0.25, -0.2) is 0 Å². The molecule has 3 heterocycles. The average molecular weight is 235 g/mol. The number of hydrogen-bond acceptors (Lipinski definition) is 6. The topological polar surface area (TPSA) is 89.0 Å². The van der Waals surface area contributed by atoms with Gasteiger partial charge in [0, 0.05) is 19.8 Å². The van der Waals surface area contributed by atoms with E-state index in [2.05, 4.69) is 20.6 Å². The summed E-state index contributed by atoms with van der Waals surface area (Å²) in [6.45, 7) is 0.565. The van der Waals surface area contributed by atoms with Crippen LogP contribution in [-0.4, -0.2) is 37.7 Å². The molecule has 1 unspecified atom stereocenters. The Bertz CT molecular complexity index is 520. The summed E-state index contributed by atoms with van der Waals surface area (Å²) in [4.78, 5) is 4.31. The number of aryl methyl sites for hydroxylation is 1. The number of nitrogens with one attached hydrogen (secondary N) is 1. The molecule has 7 nitrogen and oxygen atoms in total. The van der Waals surface area contributed by atoms with Crippen LogP contribution in [0.1, 0.15) is 18.4 Å². The molecule has 1 fully saturated rings. The molecule has 17 heavy (non-hydrogen) atoms. The van der Waals surface area contributed by atoms with Gasteiger partial charge in [0.1, 0.15) is 0 Å². The van der Waals surface area contributed by atoms with Crippen LogP contribution in [0.5, 0.6) is 0 Å². The van der Waals surface area contributed by atoms with Gasteiger partial charge in [-0.3, -0.25) is 4.68 Å². The summed E-state index contributed by atoms with van der Waals surface area (Å²) in [6, 6.07) is -0.0529. The molecule has 0 aromatic carbocycles. The van der Waals surface area contributed by atoms with E-state index in [0.29, 0.717) is 24.7 Å². The quantitative estimate of drug-likeness (QED) is 0.753. The highest BCUT2D eigenvalue weighted by atomic mass is 16.5. The molecule has 1 saturated heterocycles.